The molecule has 26 heavy (non-hydrogen) atoms. The van der Waals surface area contributed by atoms with Crippen LogP contribution in [-0.2, 0) is 9.47 Å². The van der Waals surface area contributed by atoms with E-state index in [1.54, 1.807) is 17.0 Å². The highest BCUT2D eigenvalue weighted by atomic mass is 16.6. The molecule has 0 unspecified atom stereocenters. The standard InChI is InChI=1S/C18H28N3O5/c1-18(2,3)26-17(22)20(10-4-9-19-11-13-25-14-12-19)15-5-7-16(8-6-15)21(23)24/h5-8H,4,9-14H2,1-3H3,(H,23,24)/q+1. The van der Waals surface area contributed by atoms with Crippen molar-refractivity contribution < 1.29 is 24.4 Å². The van der Waals surface area contributed by atoms with Crippen LogP contribution in [0.15, 0.2) is 24.3 Å². The van der Waals surface area contributed by atoms with Gasteiger partial charge in [0.2, 0.25) is 0 Å². The number of hydrogen-bond acceptors (Lipinski definition) is 5. The number of carbonyl (C=O) groups is 1. The summed E-state index contributed by atoms with van der Waals surface area (Å²) in [7, 11) is 0. The number of rotatable bonds is 6. The molecule has 1 aliphatic rings. The van der Waals surface area contributed by atoms with Crippen molar-refractivity contribution >= 4 is 17.5 Å². The molecule has 1 saturated heterocycles. The number of hydrogen-bond donors (Lipinski definition) is 1. The Hall–Kier alpha value is -2.19. The first-order valence-electron chi connectivity index (χ1n) is 8.83. The molecule has 144 valence electrons. The van der Waals surface area contributed by atoms with E-state index in [1.807, 2.05) is 20.8 Å². The van der Waals surface area contributed by atoms with Crippen molar-refractivity contribution in [2.24, 2.45) is 0 Å². The van der Waals surface area contributed by atoms with Gasteiger partial charge in [0.05, 0.1) is 18.1 Å². The van der Waals surface area contributed by atoms with E-state index in [4.69, 9.17) is 14.7 Å². The Morgan fingerprint density at radius 1 is 1.27 bits per heavy atom. The Balaban J connectivity index is 2.05. The molecule has 1 fully saturated rings. The van der Waals surface area contributed by atoms with Crippen LogP contribution < -0.4 is 4.90 Å². The van der Waals surface area contributed by atoms with Crippen LogP contribution in [0.1, 0.15) is 27.2 Å². The van der Waals surface area contributed by atoms with Crippen LogP contribution in [0.3, 0.4) is 0 Å². The lowest BCUT2D eigenvalue weighted by atomic mass is 10.2. The minimum absolute atomic E-state index is 0.103. The minimum Gasteiger partial charge on any atom is -0.443 e. The number of anilines is 1. The van der Waals surface area contributed by atoms with E-state index in [9.17, 15) is 9.70 Å². The van der Waals surface area contributed by atoms with Gasteiger partial charge in [0.1, 0.15) is 5.60 Å². The summed E-state index contributed by atoms with van der Waals surface area (Å²) in [5.41, 5.74) is 0.120. The van der Waals surface area contributed by atoms with Crippen molar-refractivity contribution in [3.63, 3.8) is 0 Å². The summed E-state index contributed by atoms with van der Waals surface area (Å²) < 4.78 is 10.9. The van der Waals surface area contributed by atoms with Gasteiger partial charge in [0.25, 0.3) is 4.92 Å². The van der Waals surface area contributed by atoms with Gasteiger partial charge in [-0.05, 0) is 39.3 Å². The van der Waals surface area contributed by atoms with E-state index in [1.165, 1.54) is 12.1 Å². The molecule has 8 heteroatoms. The highest BCUT2D eigenvalue weighted by molar-refractivity contribution is 5.88. The van der Waals surface area contributed by atoms with Crippen molar-refractivity contribution in [3.8, 4) is 0 Å². The normalized spacial score (nSPS) is 15.5. The van der Waals surface area contributed by atoms with Gasteiger partial charge < -0.3 is 9.47 Å². The van der Waals surface area contributed by atoms with Crippen LogP contribution in [0.5, 0.6) is 0 Å². The quantitative estimate of drug-likeness (QED) is 0.780. The third-order valence-electron chi connectivity index (χ3n) is 3.96. The van der Waals surface area contributed by atoms with Gasteiger partial charge in [-0.2, -0.15) is 0 Å². The van der Waals surface area contributed by atoms with Crippen LogP contribution in [0.4, 0.5) is 16.2 Å². The van der Waals surface area contributed by atoms with E-state index in [2.05, 4.69) is 4.90 Å². The number of nitrogens with zero attached hydrogens (tertiary/aromatic N) is 3. The largest absolute Gasteiger partial charge is 0.443 e. The lowest BCUT2D eigenvalue weighted by molar-refractivity contribution is -0.729. The maximum atomic E-state index is 12.6. The molecule has 0 aliphatic carbocycles. The fraction of sp³-hybridized carbons (Fsp3) is 0.611. The Labute approximate surface area is 153 Å². The van der Waals surface area contributed by atoms with E-state index in [-0.39, 0.29) is 10.6 Å². The fourth-order valence-electron chi connectivity index (χ4n) is 2.68. The lowest BCUT2D eigenvalue weighted by Crippen LogP contribution is -2.40. The Bertz CT molecular complexity index is 606. The average molecular weight is 366 g/mol. The van der Waals surface area contributed by atoms with Crippen LogP contribution in [0.25, 0.3) is 0 Å². The summed E-state index contributed by atoms with van der Waals surface area (Å²) in [6.07, 6.45) is 0.351. The van der Waals surface area contributed by atoms with Crippen LogP contribution in [0.2, 0.25) is 0 Å². The van der Waals surface area contributed by atoms with Gasteiger partial charge in [-0.3, -0.25) is 9.80 Å². The monoisotopic (exact) mass is 366 g/mol. The molecule has 0 aromatic heterocycles. The van der Waals surface area contributed by atoms with Gasteiger partial charge in [-0.1, -0.05) is 0 Å². The molecule has 0 radical (unpaired) electrons. The molecule has 1 aromatic rings. The first-order chi connectivity index (χ1) is 12.3. The third kappa shape index (κ3) is 6.27. The molecule has 1 N–H and O–H groups in total. The van der Waals surface area contributed by atoms with Gasteiger partial charge in [0, 0.05) is 44.0 Å². The number of carbonyl (C=O) groups excluding carboxylic acids is 1. The number of benzene rings is 1. The first kappa shape index (κ1) is 20.1. The van der Waals surface area contributed by atoms with E-state index >= 15 is 0 Å². The zero-order chi connectivity index (χ0) is 19.2. The molecule has 1 aliphatic heterocycles. The van der Waals surface area contributed by atoms with Gasteiger partial charge in [-0.25, -0.2) is 10.0 Å². The summed E-state index contributed by atoms with van der Waals surface area (Å²) in [6.45, 7) is 10.1. The summed E-state index contributed by atoms with van der Waals surface area (Å²) in [6, 6.07) is 6.16. The number of ether oxygens (including phenoxy) is 2. The molecule has 0 atom stereocenters. The molecule has 2 rings (SSSR count). The molecule has 0 saturated carbocycles. The molecule has 1 heterocycles. The van der Waals surface area contributed by atoms with E-state index in [0.717, 1.165) is 39.3 Å². The second kappa shape index (κ2) is 8.95. The van der Waals surface area contributed by atoms with Crippen molar-refractivity contribution in [2.75, 3.05) is 44.3 Å². The Morgan fingerprint density at radius 2 is 1.88 bits per heavy atom. The highest BCUT2D eigenvalue weighted by Gasteiger charge is 2.24. The first-order valence-corrected chi connectivity index (χ1v) is 8.83. The number of morpholine rings is 1. The topological polar surface area (TPSA) is 82.3 Å². The third-order valence-corrected chi connectivity index (χ3v) is 3.96. The van der Waals surface area contributed by atoms with Crippen LogP contribution >= 0.6 is 0 Å². The average Bonchev–Trinajstić information content (AvgIpc) is 2.58. The van der Waals surface area contributed by atoms with Crippen LogP contribution in [-0.4, -0.2) is 66.1 Å². The van der Waals surface area contributed by atoms with Crippen molar-refractivity contribution in [3.05, 3.63) is 29.2 Å². The minimum atomic E-state index is -0.601. The maximum absolute atomic E-state index is 12.6. The van der Waals surface area contributed by atoms with Crippen LogP contribution in [0, 0.1) is 4.91 Å². The molecule has 1 amide bonds. The molecule has 0 spiro atoms. The summed E-state index contributed by atoms with van der Waals surface area (Å²) in [5.74, 6) is 0. The second-order valence-electron chi connectivity index (χ2n) is 7.23. The van der Waals surface area contributed by atoms with Crippen molar-refractivity contribution in [2.45, 2.75) is 32.8 Å². The summed E-state index contributed by atoms with van der Waals surface area (Å²) >= 11 is 0. The molecule has 1 aromatic carbocycles. The number of amides is 1. The summed E-state index contributed by atoms with van der Waals surface area (Å²) in [4.78, 5) is 27.2. The maximum Gasteiger partial charge on any atom is 0.414 e. The van der Waals surface area contributed by atoms with Gasteiger partial charge in [-0.15, -0.1) is 0 Å². The van der Waals surface area contributed by atoms with Crippen molar-refractivity contribution in [1.29, 1.82) is 0 Å². The smallest absolute Gasteiger partial charge is 0.414 e. The predicted octanol–water partition coefficient (Wildman–Crippen LogP) is 2.95. The zero-order valence-electron chi connectivity index (χ0n) is 15.7. The fourth-order valence-corrected chi connectivity index (χ4v) is 2.68. The second-order valence-corrected chi connectivity index (χ2v) is 7.23. The van der Waals surface area contributed by atoms with E-state index < -0.39 is 11.7 Å². The van der Waals surface area contributed by atoms with E-state index in [0.29, 0.717) is 12.2 Å². The van der Waals surface area contributed by atoms with Crippen molar-refractivity contribution in [1.82, 2.24) is 4.90 Å². The Morgan fingerprint density at radius 3 is 2.42 bits per heavy atom. The SMILES string of the molecule is CC(C)(C)OC(=O)N(CCCN1CCOCC1)c1ccc([N+](=O)O)cc1. The molecule has 0 bridgehead atoms. The molecular formula is C18H28N3O5+. The lowest BCUT2D eigenvalue weighted by Gasteiger charge is -2.29. The Kier molecular flexibility index (Phi) is 6.93. The molecule has 8 nitrogen and oxygen atoms in total. The van der Waals surface area contributed by atoms with Gasteiger partial charge in [0.15, 0.2) is 0 Å². The highest BCUT2D eigenvalue weighted by Crippen LogP contribution is 2.22. The zero-order valence-corrected chi connectivity index (χ0v) is 15.7. The molecular weight excluding hydrogens is 338 g/mol. The van der Waals surface area contributed by atoms with Gasteiger partial charge >= 0.3 is 11.8 Å². The summed E-state index contributed by atoms with van der Waals surface area (Å²) in [5, 5.41) is 8.96. The predicted molar refractivity (Wildman–Crippen MR) is 97.0 cm³/mol.